The fourth-order valence-electron chi connectivity index (χ4n) is 4.10. The first-order valence-corrected chi connectivity index (χ1v) is 11.3. The number of benzene rings is 2. The Balaban J connectivity index is 1.93. The molecule has 1 atom stereocenters. The van der Waals surface area contributed by atoms with E-state index in [1.807, 2.05) is 19.9 Å². The molecule has 4 rings (SSSR count). The van der Waals surface area contributed by atoms with Crippen molar-refractivity contribution in [3.05, 3.63) is 82.3 Å². The zero-order chi connectivity index (χ0) is 24.4. The molecule has 1 N–H and O–H groups in total. The maximum absolute atomic E-state index is 14.2. The van der Waals surface area contributed by atoms with E-state index in [1.54, 1.807) is 25.3 Å². The van der Waals surface area contributed by atoms with Crippen molar-refractivity contribution < 1.29 is 13.6 Å². The van der Waals surface area contributed by atoms with Gasteiger partial charge in [0.25, 0.3) is 0 Å². The highest BCUT2D eigenvalue weighted by Gasteiger charge is 2.25. The summed E-state index contributed by atoms with van der Waals surface area (Å²) in [5.74, 6) is -1.10. The van der Waals surface area contributed by atoms with Gasteiger partial charge in [-0.2, -0.15) is 0 Å². The van der Waals surface area contributed by atoms with Crippen LogP contribution in [0.4, 0.5) is 14.6 Å². The van der Waals surface area contributed by atoms with Crippen LogP contribution in [0.5, 0.6) is 0 Å². The number of carbonyl (C=O) groups excluding carboxylic acids is 1. The number of carbonyl (C=O) groups is 1. The Morgan fingerprint density at radius 2 is 1.85 bits per heavy atom. The number of Topliss-reactive ketones (excluding diaryl/α,β-unsaturated/α-hetero) is 1. The van der Waals surface area contributed by atoms with Crippen molar-refractivity contribution in [2.45, 2.75) is 39.7 Å². The SMILES string of the molecule is CCCC(=O)c1c(C)c(Cl)cc(C(C)Nc2ncnc3cccnc23)c1-c1cc(F)cc(F)c1. The number of halogens is 3. The summed E-state index contributed by atoms with van der Waals surface area (Å²) in [7, 11) is 0. The minimum absolute atomic E-state index is 0.134. The fraction of sp³-hybridized carbons (Fsp3) is 0.231. The summed E-state index contributed by atoms with van der Waals surface area (Å²) in [4.78, 5) is 26.1. The van der Waals surface area contributed by atoms with E-state index in [1.165, 1.54) is 18.5 Å². The lowest BCUT2D eigenvalue weighted by atomic mass is 9.85. The lowest BCUT2D eigenvalue weighted by molar-refractivity contribution is 0.0981. The van der Waals surface area contributed by atoms with Gasteiger partial charge >= 0.3 is 0 Å². The Labute approximate surface area is 201 Å². The zero-order valence-electron chi connectivity index (χ0n) is 19.0. The second-order valence-electron chi connectivity index (χ2n) is 8.11. The van der Waals surface area contributed by atoms with Crippen molar-refractivity contribution in [3.63, 3.8) is 0 Å². The minimum atomic E-state index is -0.728. The summed E-state index contributed by atoms with van der Waals surface area (Å²) in [6.07, 6.45) is 3.99. The predicted octanol–water partition coefficient (Wildman–Crippen LogP) is 7.09. The molecule has 0 amide bonds. The van der Waals surface area contributed by atoms with Crippen molar-refractivity contribution in [3.8, 4) is 11.1 Å². The van der Waals surface area contributed by atoms with Crippen molar-refractivity contribution in [1.82, 2.24) is 15.0 Å². The average Bonchev–Trinajstić information content (AvgIpc) is 2.80. The third kappa shape index (κ3) is 4.61. The molecular formula is C26H23ClF2N4O. The van der Waals surface area contributed by atoms with Crippen molar-refractivity contribution in [1.29, 1.82) is 0 Å². The van der Waals surface area contributed by atoms with E-state index in [4.69, 9.17) is 11.6 Å². The second-order valence-corrected chi connectivity index (χ2v) is 8.52. The number of fused-ring (bicyclic) bond motifs is 1. The van der Waals surface area contributed by atoms with Gasteiger partial charge in [-0.1, -0.05) is 18.5 Å². The van der Waals surface area contributed by atoms with Gasteiger partial charge in [-0.25, -0.2) is 18.7 Å². The molecule has 0 aliphatic rings. The smallest absolute Gasteiger partial charge is 0.163 e. The molecule has 2 aromatic carbocycles. The van der Waals surface area contributed by atoms with Gasteiger partial charge in [0.05, 0.1) is 11.6 Å². The summed E-state index contributed by atoms with van der Waals surface area (Å²) in [5.41, 5.74) is 3.52. The topological polar surface area (TPSA) is 67.8 Å². The van der Waals surface area contributed by atoms with E-state index in [0.717, 1.165) is 6.07 Å². The Kier molecular flexibility index (Phi) is 6.84. The van der Waals surface area contributed by atoms with Gasteiger partial charge < -0.3 is 5.32 Å². The van der Waals surface area contributed by atoms with Crippen molar-refractivity contribution in [2.75, 3.05) is 5.32 Å². The van der Waals surface area contributed by atoms with Gasteiger partial charge in [0.2, 0.25) is 0 Å². The van der Waals surface area contributed by atoms with Crippen molar-refractivity contribution >= 4 is 34.2 Å². The van der Waals surface area contributed by atoms with Crippen LogP contribution < -0.4 is 5.32 Å². The average molecular weight is 481 g/mol. The van der Waals surface area contributed by atoms with Crippen LogP contribution in [0, 0.1) is 18.6 Å². The molecule has 174 valence electrons. The number of ketones is 1. The number of pyridine rings is 1. The van der Waals surface area contributed by atoms with Gasteiger partial charge in [-0.3, -0.25) is 9.78 Å². The first kappa shape index (κ1) is 23.7. The molecule has 0 aliphatic carbocycles. The van der Waals surface area contributed by atoms with Crippen LogP contribution in [-0.4, -0.2) is 20.7 Å². The first-order valence-electron chi connectivity index (χ1n) is 10.9. The lowest BCUT2D eigenvalue weighted by Gasteiger charge is -2.24. The number of hydrogen-bond donors (Lipinski definition) is 1. The van der Waals surface area contributed by atoms with E-state index in [2.05, 4.69) is 20.3 Å². The molecule has 4 aromatic rings. The Morgan fingerprint density at radius 3 is 2.56 bits per heavy atom. The van der Waals surface area contributed by atoms with Crippen LogP contribution >= 0.6 is 11.6 Å². The van der Waals surface area contributed by atoms with E-state index >= 15 is 0 Å². The molecule has 2 heterocycles. The molecule has 2 aromatic heterocycles. The molecule has 0 radical (unpaired) electrons. The number of aromatic nitrogens is 3. The Morgan fingerprint density at radius 1 is 1.12 bits per heavy atom. The lowest BCUT2D eigenvalue weighted by Crippen LogP contribution is -2.14. The third-order valence-electron chi connectivity index (χ3n) is 5.68. The van der Waals surface area contributed by atoms with E-state index in [0.29, 0.717) is 50.5 Å². The largest absolute Gasteiger partial charge is 0.362 e. The highest BCUT2D eigenvalue weighted by Crippen LogP contribution is 2.39. The maximum Gasteiger partial charge on any atom is 0.163 e. The van der Waals surface area contributed by atoms with Crippen LogP contribution in [0.3, 0.4) is 0 Å². The quantitative estimate of drug-likeness (QED) is 0.286. The van der Waals surface area contributed by atoms with Crippen LogP contribution in [0.1, 0.15) is 54.2 Å². The monoisotopic (exact) mass is 480 g/mol. The molecule has 0 spiro atoms. The predicted molar refractivity (Wildman–Crippen MR) is 130 cm³/mol. The van der Waals surface area contributed by atoms with Gasteiger partial charge in [-0.05, 0) is 72.9 Å². The second kappa shape index (κ2) is 9.81. The normalized spacial score (nSPS) is 12.1. The number of nitrogens with zero attached hydrogens (tertiary/aromatic N) is 3. The van der Waals surface area contributed by atoms with Crippen molar-refractivity contribution in [2.24, 2.45) is 0 Å². The number of hydrogen-bond acceptors (Lipinski definition) is 5. The number of anilines is 1. The van der Waals surface area contributed by atoms with Crippen LogP contribution in [0.25, 0.3) is 22.2 Å². The van der Waals surface area contributed by atoms with Crippen LogP contribution in [0.2, 0.25) is 5.02 Å². The maximum atomic E-state index is 14.2. The van der Waals surface area contributed by atoms with Gasteiger partial charge in [0, 0.05) is 29.3 Å². The van der Waals surface area contributed by atoms with E-state index < -0.39 is 17.7 Å². The first-order chi connectivity index (χ1) is 16.3. The van der Waals surface area contributed by atoms with Gasteiger partial charge in [0.1, 0.15) is 23.5 Å². The summed E-state index contributed by atoms with van der Waals surface area (Å²) in [6.45, 7) is 5.51. The van der Waals surface area contributed by atoms with Gasteiger partial charge in [-0.15, -0.1) is 0 Å². The van der Waals surface area contributed by atoms with Gasteiger partial charge in [0.15, 0.2) is 11.6 Å². The number of rotatable bonds is 7. The summed E-state index contributed by atoms with van der Waals surface area (Å²) in [6, 6.07) is 8.16. The summed E-state index contributed by atoms with van der Waals surface area (Å²) < 4.78 is 28.5. The molecule has 5 nitrogen and oxygen atoms in total. The number of nitrogens with one attached hydrogen (secondary N) is 1. The zero-order valence-corrected chi connectivity index (χ0v) is 19.8. The molecule has 0 bridgehead atoms. The summed E-state index contributed by atoms with van der Waals surface area (Å²) in [5, 5.41) is 3.71. The molecular weight excluding hydrogens is 458 g/mol. The Hall–Kier alpha value is -3.45. The standard InChI is InChI=1S/C26H23ClF2N4O/c1-4-6-22(34)23-14(2)20(27)12-19(24(23)16-9-17(28)11-18(29)10-16)15(3)33-26-25-21(31-13-32-26)7-5-8-30-25/h5,7-13,15H,4,6H2,1-3H3,(H,31,32,33). The van der Waals surface area contributed by atoms with Crippen LogP contribution in [-0.2, 0) is 0 Å². The molecule has 0 fully saturated rings. The molecule has 8 heteroatoms. The minimum Gasteiger partial charge on any atom is -0.362 e. The molecule has 0 aliphatic heterocycles. The molecule has 34 heavy (non-hydrogen) atoms. The van der Waals surface area contributed by atoms with E-state index in [-0.39, 0.29) is 17.8 Å². The van der Waals surface area contributed by atoms with E-state index in [9.17, 15) is 13.6 Å². The molecule has 0 saturated heterocycles. The Bertz CT molecular complexity index is 1370. The molecule has 1 unspecified atom stereocenters. The molecule has 0 saturated carbocycles. The third-order valence-corrected chi connectivity index (χ3v) is 6.07. The highest BCUT2D eigenvalue weighted by atomic mass is 35.5. The highest BCUT2D eigenvalue weighted by molar-refractivity contribution is 6.32. The fourth-order valence-corrected chi connectivity index (χ4v) is 4.31. The van der Waals surface area contributed by atoms with Crippen LogP contribution in [0.15, 0.2) is 48.9 Å². The summed E-state index contributed by atoms with van der Waals surface area (Å²) >= 11 is 6.56.